The normalized spacial score (nSPS) is 8.91. The molecule has 0 atom stereocenters. The van der Waals surface area contributed by atoms with E-state index in [1.807, 2.05) is 0 Å². The Balaban J connectivity index is 3.70. The molecule has 0 aliphatic rings. The number of carbonyl (C=O) groups is 2. The summed E-state index contributed by atoms with van der Waals surface area (Å²) >= 11 is 0. The minimum Gasteiger partial charge on any atom is -0.469 e. The summed E-state index contributed by atoms with van der Waals surface area (Å²) in [7, 11) is 1.31. The zero-order valence-corrected chi connectivity index (χ0v) is 6.85. The molecule has 0 saturated heterocycles. The molecule has 0 aromatic rings. The number of Topliss-reactive ketones (excluding diaryl/α,β-unsaturated/α-hetero) is 1. The van der Waals surface area contributed by atoms with E-state index in [1.165, 1.54) is 14.0 Å². The average Bonchev–Trinajstić information content (AvgIpc) is 1.85. The second-order valence-electron chi connectivity index (χ2n) is 2.38. The molecule has 0 aliphatic carbocycles. The van der Waals surface area contributed by atoms with Crippen LogP contribution in [0.4, 0.5) is 0 Å². The Hall–Kier alpha value is -1.12. The molecule has 0 rings (SSSR count). The van der Waals surface area contributed by atoms with Crippen LogP contribution in [0.2, 0.25) is 0 Å². The maximum absolute atomic E-state index is 10.6. The quantitative estimate of drug-likeness (QED) is 0.452. The number of esters is 1. The molecule has 3 nitrogen and oxygen atoms in total. The molecular weight excluding hydrogens is 144 g/mol. The minimum atomic E-state index is -0.351. The fourth-order valence-corrected chi connectivity index (χ4v) is 0.691. The first-order valence-electron chi connectivity index (χ1n) is 3.29. The molecule has 0 bridgehead atoms. The first-order chi connectivity index (χ1) is 5.06. The minimum absolute atomic E-state index is 0.0129. The van der Waals surface area contributed by atoms with Gasteiger partial charge in [0.2, 0.25) is 0 Å². The standard InChI is InChI=1S/C8H12O3/c1-6(4-7(2)9)5-8(10)11-3/h1,4-5H2,2-3H3. The van der Waals surface area contributed by atoms with Crippen molar-refractivity contribution in [3.63, 3.8) is 0 Å². The monoisotopic (exact) mass is 156 g/mol. The maximum atomic E-state index is 10.6. The van der Waals surface area contributed by atoms with Gasteiger partial charge in [-0.25, -0.2) is 0 Å². The van der Waals surface area contributed by atoms with Gasteiger partial charge in [-0.15, -0.1) is 0 Å². The molecule has 0 aliphatic heterocycles. The number of hydrogen-bond donors (Lipinski definition) is 0. The lowest BCUT2D eigenvalue weighted by atomic mass is 10.1. The SMILES string of the molecule is C=C(CC(C)=O)CC(=O)OC. The molecule has 0 saturated carbocycles. The molecule has 3 heteroatoms. The fourth-order valence-electron chi connectivity index (χ4n) is 0.691. The number of carbonyl (C=O) groups excluding carboxylic acids is 2. The third-order valence-electron chi connectivity index (χ3n) is 1.12. The van der Waals surface area contributed by atoms with Crippen molar-refractivity contribution < 1.29 is 14.3 Å². The van der Waals surface area contributed by atoms with Gasteiger partial charge >= 0.3 is 5.97 Å². The van der Waals surface area contributed by atoms with Crippen molar-refractivity contribution in [1.82, 2.24) is 0 Å². The third-order valence-corrected chi connectivity index (χ3v) is 1.12. The summed E-state index contributed by atoms with van der Waals surface area (Å²) in [5.41, 5.74) is 0.601. The zero-order chi connectivity index (χ0) is 8.85. The summed E-state index contributed by atoms with van der Waals surface area (Å²) in [6.07, 6.45) is 0.394. The van der Waals surface area contributed by atoms with Gasteiger partial charge in [-0.05, 0) is 6.92 Å². The Bertz CT molecular complexity index is 182. The molecule has 62 valence electrons. The summed E-state index contributed by atoms with van der Waals surface area (Å²) in [5, 5.41) is 0. The molecule has 0 fully saturated rings. The second-order valence-corrected chi connectivity index (χ2v) is 2.38. The molecule has 0 radical (unpaired) electrons. The highest BCUT2D eigenvalue weighted by Crippen LogP contribution is 2.04. The summed E-state index contributed by atoms with van der Waals surface area (Å²) in [6.45, 7) is 5.02. The summed E-state index contributed by atoms with van der Waals surface area (Å²) in [4.78, 5) is 21.1. The van der Waals surface area contributed by atoms with Crippen LogP contribution in [0.5, 0.6) is 0 Å². The Morgan fingerprint density at radius 3 is 2.27 bits per heavy atom. The number of methoxy groups -OCH3 is 1. The Kier molecular flexibility index (Phi) is 4.18. The highest BCUT2D eigenvalue weighted by molar-refractivity contribution is 5.80. The molecule has 0 aromatic heterocycles. The number of hydrogen-bond acceptors (Lipinski definition) is 3. The van der Waals surface area contributed by atoms with E-state index in [0.717, 1.165) is 0 Å². The van der Waals surface area contributed by atoms with Crippen LogP contribution in [0.15, 0.2) is 12.2 Å². The lowest BCUT2D eigenvalue weighted by Crippen LogP contribution is -2.03. The largest absolute Gasteiger partial charge is 0.469 e. The van der Waals surface area contributed by atoms with Crippen molar-refractivity contribution in [2.75, 3.05) is 7.11 Å². The van der Waals surface area contributed by atoms with Gasteiger partial charge < -0.3 is 4.74 Å². The molecule has 11 heavy (non-hydrogen) atoms. The first-order valence-corrected chi connectivity index (χ1v) is 3.29. The van der Waals surface area contributed by atoms with Gasteiger partial charge in [0.25, 0.3) is 0 Å². The van der Waals surface area contributed by atoms with Gasteiger partial charge in [0, 0.05) is 6.42 Å². The zero-order valence-electron chi connectivity index (χ0n) is 6.85. The van der Waals surface area contributed by atoms with Gasteiger partial charge in [0.15, 0.2) is 0 Å². The average molecular weight is 156 g/mol. The molecule has 0 aromatic carbocycles. The van der Waals surface area contributed by atoms with Crippen LogP contribution in [-0.2, 0) is 14.3 Å². The molecule has 0 amide bonds. The van der Waals surface area contributed by atoms with E-state index in [-0.39, 0.29) is 24.6 Å². The van der Waals surface area contributed by atoms with Crippen molar-refractivity contribution in [2.45, 2.75) is 19.8 Å². The molecule has 0 spiro atoms. The van der Waals surface area contributed by atoms with Gasteiger partial charge in [0.05, 0.1) is 13.5 Å². The summed E-state index contributed by atoms with van der Waals surface area (Å²) < 4.78 is 4.39. The van der Waals surface area contributed by atoms with Crippen molar-refractivity contribution in [3.8, 4) is 0 Å². The van der Waals surface area contributed by atoms with Crippen LogP contribution in [0.1, 0.15) is 19.8 Å². The van der Waals surface area contributed by atoms with E-state index < -0.39 is 0 Å². The highest BCUT2D eigenvalue weighted by Gasteiger charge is 2.04. The molecular formula is C8H12O3. The van der Waals surface area contributed by atoms with E-state index in [9.17, 15) is 9.59 Å². The van der Waals surface area contributed by atoms with Crippen molar-refractivity contribution >= 4 is 11.8 Å². The summed E-state index contributed by atoms with van der Waals surface area (Å²) in [6, 6.07) is 0. The predicted octanol–water partition coefficient (Wildman–Crippen LogP) is 1.08. The van der Waals surface area contributed by atoms with Crippen LogP contribution in [0, 0.1) is 0 Å². The number of ether oxygens (including phenoxy) is 1. The first kappa shape index (κ1) is 9.88. The smallest absolute Gasteiger partial charge is 0.309 e. The van der Waals surface area contributed by atoms with Crippen LogP contribution in [-0.4, -0.2) is 18.9 Å². The van der Waals surface area contributed by atoms with Gasteiger partial charge in [-0.3, -0.25) is 9.59 Å². The van der Waals surface area contributed by atoms with Crippen molar-refractivity contribution in [2.24, 2.45) is 0 Å². The molecule has 0 heterocycles. The highest BCUT2D eigenvalue weighted by atomic mass is 16.5. The maximum Gasteiger partial charge on any atom is 0.309 e. The van der Waals surface area contributed by atoms with Crippen LogP contribution in [0.25, 0.3) is 0 Å². The lowest BCUT2D eigenvalue weighted by Gasteiger charge is -2.00. The van der Waals surface area contributed by atoms with Gasteiger partial charge in [-0.1, -0.05) is 12.2 Å². The van der Waals surface area contributed by atoms with E-state index in [1.54, 1.807) is 0 Å². The van der Waals surface area contributed by atoms with Crippen LogP contribution >= 0.6 is 0 Å². The van der Waals surface area contributed by atoms with Crippen LogP contribution < -0.4 is 0 Å². The topological polar surface area (TPSA) is 43.4 Å². The third kappa shape index (κ3) is 5.33. The summed E-state index contributed by atoms with van der Waals surface area (Å²) in [5.74, 6) is -0.338. The number of ketones is 1. The van der Waals surface area contributed by atoms with E-state index in [0.29, 0.717) is 5.57 Å². The van der Waals surface area contributed by atoms with E-state index >= 15 is 0 Å². The Labute approximate surface area is 66.0 Å². The number of rotatable bonds is 4. The predicted molar refractivity (Wildman–Crippen MR) is 41.1 cm³/mol. The Morgan fingerprint density at radius 1 is 1.36 bits per heavy atom. The molecule has 0 unspecified atom stereocenters. The Morgan fingerprint density at radius 2 is 1.91 bits per heavy atom. The van der Waals surface area contributed by atoms with Crippen molar-refractivity contribution in [3.05, 3.63) is 12.2 Å². The lowest BCUT2D eigenvalue weighted by molar-refractivity contribution is -0.139. The molecule has 0 N–H and O–H groups in total. The van der Waals surface area contributed by atoms with Crippen molar-refractivity contribution in [1.29, 1.82) is 0 Å². The van der Waals surface area contributed by atoms with Gasteiger partial charge in [-0.2, -0.15) is 0 Å². The fraction of sp³-hybridized carbons (Fsp3) is 0.500. The van der Waals surface area contributed by atoms with Crippen LogP contribution in [0.3, 0.4) is 0 Å². The second kappa shape index (κ2) is 4.66. The van der Waals surface area contributed by atoms with E-state index in [4.69, 9.17) is 0 Å². The van der Waals surface area contributed by atoms with E-state index in [2.05, 4.69) is 11.3 Å². The van der Waals surface area contributed by atoms with Gasteiger partial charge in [0.1, 0.15) is 5.78 Å².